The molecule has 0 spiro atoms. The molecule has 68 valence electrons. The summed E-state index contributed by atoms with van der Waals surface area (Å²) in [6, 6.07) is 0. The van der Waals surface area contributed by atoms with Gasteiger partial charge in [-0.25, -0.2) is 0 Å². The minimum Gasteiger partial charge on any atom is -0.392 e. The average Bonchev–Trinajstić information content (AvgIpc) is 2.45. The summed E-state index contributed by atoms with van der Waals surface area (Å²) in [7, 11) is 0. The van der Waals surface area contributed by atoms with Crippen molar-refractivity contribution in [2.45, 2.75) is 26.7 Å². The van der Waals surface area contributed by atoms with Gasteiger partial charge in [-0.1, -0.05) is 18.6 Å². The molecule has 1 aliphatic rings. The maximum Gasteiger partial charge on any atom is 0.0644 e. The van der Waals surface area contributed by atoms with Crippen LogP contribution in [0.5, 0.6) is 0 Å². The summed E-state index contributed by atoms with van der Waals surface area (Å²) in [6.45, 7) is 8.39. The summed E-state index contributed by atoms with van der Waals surface area (Å²) in [6.07, 6.45) is 4.27. The largest absolute Gasteiger partial charge is 0.392 e. The Hall–Kier alpha value is -0.560. The van der Waals surface area contributed by atoms with Crippen molar-refractivity contribution in [2.24, 2.45) is 11.8 Å². The van der Waals surface area contributed by atoms with Crippen molar-refractivity contribution in [3.8, 4) is 0 Å². The summed E-state index contributed by atoms with van der Waals surface area (Å²) in [4.78, 5) is 0. The van der Waals surface area contributed by atoms with Gasteiger partial charge in [0.15, 0.2) is 0 Å². The first-order valence-electron chi connectivity index (χ1n) is 4.62. The number of aliphatic hydroxyl groups is 1. The van der Waals surface area contributed by atoms with Crippen LogP contribution in [0, 0.1) is 11.8 Å². The molecule has 1 N–H and O–H groups in total. The second-order valence-corrected chi connectivity index (χ2v) is 3.68. The Kier molecular flexibility index (Phi) is 3.10. The highest BCUT2D eigenvalue weighted by atomic mass is 16.3. The minimum atomic E-state index is 0.242. The molecule has 0 amide bonds. The lowest BCUT2D eigenvalue weighted by molar-refractivity contribution is 0.327. The summed E-state index contributed by atoms with van der Waals surface area (Å²) < 4.78 is 0. The Balaban J connectivity index is 2.72. The second-order valence-electron chi connectivity index (χ2n) is 3.68. The van der Waals surface area contributed by atoms with Gasteiger partial charge in [0.1, 0.15) is 0 Å². The van der Waals surface area contributed by atoms with E-state index in [0.29, 0.717) is 11.8 Å². The zero-order valence-corrected chi connectivity index (χ0v) is 8.01. The Morgan fingerprint density at radius 3 is 2.83 bits per heavy atom. The maximum atomic E-state index is 9.03. The molecule has 2 atom stereocenters. The highest BCUT2D eigenvalue weighted by Gasteiger charge is 2.24. The fraction of sp³-hybridized carbons (Fsp3) is 0.636. The average molecular weight is 166 g/mol. The van der Waals surface area contributed by atoms with E-state index < -0.39 is 0 Å². The van der Waals surface area contributed by atoms with E-state index in [1.807, 2.05) is 6.08 Å². The van der Waals surface area contributed by atoms with Crippen LogP contribution in [0.25, 0.3) is 0 Å². The molecule has 2 unspecified atom stereocenters. The van der Waals surface area contributed by atoms with Crippen LogP contribution in [-0.4, -0.2) is 11.7 Å². The van der Waals surface area contributed by atoms with E-state index in [9.17, 15) is 0 Å². The molecule has 0 saturated heterocycles. The molecule has 0 aromatic heterocycles. The van der Waals surface area contributed by atoms with E-state index in [-0.39, 0.29) is 6.61 Å². The van der Waals surface area contributed by atoms with Gasteiger partial charge < -0.3 is 5.11 Å². The minimum absolute atomic E-state index is 0.242. The molecule has 0 bridgehead atoms. The first-order valence-corrected chi connectivity index (χ1v) is 4.62. The zero-order chi connectivity index (χ0) is 9.14. The van der Waals surface area contributed by atoms with E-state index in [1.54, 1.807) is 0 Å². The molecule has 1 aliphatic carbocycles. The first-order chi connectivity index (χ1) is 5.70. The van der Waals surface area contributed by atoms with Gasteiger partial charge in [0.05, 0.1) is 6.61 Å². The quantitative estimate of drug-likeness (QED) is 0.639. The normalized spacial score (nSPS) is 26.1. The van der Waals surface area contributed by atoms with Crippen molar-refractivity contribution in [3.63, 3.8) is 0 Å². The van der Waals surface area contributed by atoms with E-state index in [1.165, 1.54) is 17.6 Å². The van der Waals surface area contributed by atoms with Gasteiger partial charge in [0.2, 0.25) is 0 Å². The van der Waals surface area contributed by atoms with Crippen molar-refractivity contribution in [1.29, 1.82) is 0 Å². The maximum absolute atomic E-state index is 9.03. The SMILES string of the molecule is C=CC(C)C1CCC(CO)=C1C. The predicted octanol–water partition coefficient (Wildman–Crippen LogP) is 2.53. The van der Waals surface area contributed by atoms with Crippen LogP contribution in [0.1, 0.15) is 26.7 Å². The Bertz CT molecular complexity index is 203. The summed E-state index contributed by atoms with van der Waals surface area (Å²) in [5.41, 5.74) is 2.64. The Morgan fingerprint density at radius 1 is 1.75 bits per heavy atom. The van der Waals surface area contributed by atoms with Crippen molar-refractivity contribution >= 4 is 0 Å². The van der Waals surface area contributed by atoms with Crippen LogP contribution in [0.15, 0.2) is 23.8 Å². The summed E-state index contributed by atoms with van der Waals surface area (Å²) in [5.74, 6) is 1.18. The van der Waals surface area contributed by atoms with E-state index >= 15 is 0 Å². The number of hydrogen-bond donors (Lipinski definition) is 1. The Labute approximate surface area is 74.8 Å². The molecule has 0 heterocycles. The van der Waals surface area contributed by atoms with Crippen LogP contribution in [0.3, 0.4) is 0 Å². The van der Waals surface area contributed by atoms with Gasteiger partial charge in [-0.3, -0.25) is 0 Å². The fourth-order valence-electron chi connectivity index (χ4n) is 2.03. The zero-order valence-electron chi connectivity index (χ0n) is 8.01. The highest BCUT2D eigenvalue weighted by molar-refractivity contribution is 5.22. The number of rotatable bonds is 3. The van der Waals surface area contributed by atoms with Crippen LogP contribution < -0.4 is 0 Å². The van der Waals surface area contributed by atoms with Crippen molar-refractivity contribution in [1.82, 2.24) is 0 Å². The number of aliphatic hydroxyl groups excluding tert-OH is 1. The molecule has 12 heavy (non-hydrogen) atoms. The van der Waals surface area contributed by atoms with Crippen LogP contribution in [0.4, 0.5) is 0 Å². The standard InChI is InChI=1S/C11H18O/c1-4-8(2)11-6-5-10(7-12)9(11)3/h4,8,11-12H,1,5-7H2,2-3H3. The molecule has 0 aromatic rings. The monoisotopic (exact) mass is 166 g/mol. The molecular formula is C11H18O. The molecular weight excluding hydrogens is 148 g/mol. The van der Waals surface area contributed by atoms with Gasteiger partial charge in [-0.05, 0) is 37.2 Å². The van der Waals surface area contributed by atoms with Gasteiger partial charge in [-0.15, -0.1) is 6.58 Å². The van der Waals surface area contributed by atoms with Crippen molar-refractivity contribution in [3.05, 3.63) is 23.8 Å². The third-order valence-corrected chi connectivity index (χ3v) is 3.07. The lowest BCUT2D eigenvalue weighted by atomic mass is 9.89. The smallest absolute Gasteiger partial charge is 0.0644 e. The lowest BCUT2D eigenvalue weighted by Gasteiger charge is -2.16. The lowest BCUT2D eigenvalue weighted by Crippen LogP contribution is -2.07. The third-order valence-electron chi connectivity index (χ3n) is 3.07. The fourth-order valence-corrected chi connectivity index (χ4v) is 2.03. The second kappa shape index (κ2) is 3.90. The molecule has 0 fully saturated rings. The van der Waals surface area contributed by atoms with Gasteiger partial charge >= 0.3 is 0 Å². The Morgan fingerprint density at radius 2 is 2.42 bits per heavy atom. The van der Waals surface area contributed by atoms with Gasteiger partial charge in [-0.2, -0.15) is 0 Å². The first kappa shape index (κ1) is 9.53. The molecule has 1 nitrogen and oxygen atoms in total. The number of allylic oxidation sites excluding steroid dienone is 2. The number of hydrogen-bond acceptors (Lipinski definition) is 1. The molecule has 1 rings (SSSR count). The van der Waals surface area contributed by atoms with E-state index in [2.05, 4.69) is 20.4 Å². The topological polar surface area (TPSA) is 20.2 Å². The predicted molar refractivity (Wildman–Crippen MR) is 51.9 cm³/mol. The molecule has 1 heteroatoms. The van der Waals surface area contributed by atoms with Crippen molar-refractivity contribution in [2.75, 3.05) is 6.61 Å². The summed E-state index contributed by atoms with van der Waals surface area (Å²) in [5, 5.41) is 9.03. The summed E-state index contributed by atoms with van der Waals surface area (Å²) >= 11 is 0. The molecule has 0 aromatic carbocycles. The molecule has 0 radical (unpaired) electrons. The van der Waals surface area contributed by atoms with Crippen LogP contribution >= 0.6 is 0 Å². The van der Waals surface area contributed by atoms with Crippen LogP contribution in [-0.2, 0) is 0 Å². The van der Waals surface area contributed by atoms with E-state index in [0.717, 1.165) is 6.42 Å². The van der Waals surface area contributed by atoms with Gasteiger partial charge in [0.25, 0.3) is 0 Å². The molecule has 0 saturated carbocycles. The van der Waals surface area contributed by atoms with Crippen molar-refractivity contribution < 1.29 is 5.11 Å². The highest BCUT2D eigenvalue weighted by Crippen LogP contribution is 2.36. The van der Waals surface area contributed by atoms with E-state index in [4.69, 9.17) is 5.11 Å². The van der Waals surface area contributed by atoms with Gasteiger partial charge in [0, 0.05) is 0 Å². The van der Waals surface area contributed by atoms with Crippen LogP contribution in [0.2, 0.25) is 0 Å². The molecule has 0 aliphatic heterocycles. The third kappa shape index (κ3) is 1.61.